The third-order valence-corrected chi connectivity index (χ3v) is 4.68. The van der Waals surface area contributed by atoms with E-state index in [1.807, 2.05) is 12.1 Å². The van der Waals surface area contributed by atoms with Crippen LogP contribution in [0.5, 0.6) is 0 Å². The highest BCUT2D eigenvalue weighted by Gasteiger charge is 2.22. The highest BCUT2D eigenvalue weighted by molar-refractivity contribution is 7.07. The van der Waals surface area contributed by atoms with Gasteiger partial charge in [-0.2, -0.15) is 16.4 Å². The Morgan fingerprint density at radius 3 is 3.19 bits per heavy atom. The van der Waals surface area contributed by atoms with Crippen molar-refractivity contribution in [3.8, 4) is 0 Å². The summed E-state index contributed by atoms with van der Waals surface area (Å²) in [5.41, 5.74) is 1.43. The van der Waals surface area contributed by atoms with Crippen LogP contribution in [0.15, 0.2) is 35.2 Å². The Kier molecular flexibility index (Phi) is 4.83. The molecular weight excluding hydrogens is 280 g/mol. The van der Waals surface area contributed by atoms with Crippen molar-refractivity contribution in [2.45, 2.75) is 38.3 Å². The van der Waals surface area contributed by atoms with Crippen LogP contribution in [0.2, 0.25) is 0 Å². The van der Waals surface area contributed by atoms with E-state index in [1.165, 1.54) is 18.4 Å². The van der Waals surface area contributed by atoms with Crippen LogP contribution in [0.1, 0.15) is 25.3 Å². The first-order chi connectivity index (χ1) is 10.3. The molecule has 3 rings (SSSR count). The fourth-order valence-electron chi connectivity index (χ4n) is 3.01. The molecular formula is C16H22N4S. The van der Waals surface area contributed by atoms with Gasteiger partial charge in [-0.3, -0.25) is 0 Å². The quantitative estimate of drug-likeness (QED) is 0.922. The third kappa shape index (κ3) is 4.02. The van der Waals surface area contributed by atoms with Gasteiger partial charge in [-0.15, -0.1) is 5.10 Å². The number of aromatic nitrogens is 2. The molecule has 1 N–H and O–H groups in total. The normalized spacial score (nSPS) is 20.4. The van der Waals surface area contributed by atoms with E-state index in [9.17, 15) is 0 Å². The Balaban J connectivity index is 1.54. The van der Waals surface area contributed by atoms with Crippen molar-refractivity contribution in [1.82, 2.24) is 15.5 Å². The van der Waals surface area contributed by atoms with Crippen LogP contribution in [0.3, 0.4) is 0 Å². The molecule has 112 valence electrons. The van der Waals surface area contributed by atoms with Gasteiger partial charge < -0.3 is 10.2 Å². The number of rotatable bonds is 5. The van der Waals surface area contributed by atoms with Crippen LogP contribution in [0, 0.1) is 0 Å². The standard InChI is InChI=1S/C16H22N4S/c1-13(10-14-6-9-21-12-14)18-15-4-3-8-20(11-15)16-5-2-7-17-19-16/h2,5-7,9,12-13,15,18H,3-4,8,10-11H2,1H3/t13-,15-/m1/s1. The monoisotopic (exact) mass is 302 g/mol. The first kappa shape index (κ1) is 14.5. The Labute approximate surface area is 130 Å². The molecule has 1 aliphatic heterocycles. The number of nitrogens with zero attached hydrogens (tertiary/aromatic N) is 3. The van der Waals surface area contributed by atoms with Gasteiger partial charge in [0.15, 0.2) is 5.82 Å². The lowest BCUT2D eigenvalue weighted by Crippen LogP contribution is -2.49. The minimum absolute atomic E-state index is 0.506. The molecule has 1 saturated heterocycles. The van der Waals surface area contributed by atoms with Crippen molar-refractivity contribution < 1.29 is 0 Å². The lowest BCUT2D eigenvalue weighted by Gasteiger charge is -2.35. The van der Waals surface area contributed by atoms with Crippen LogP contribution in [0.4, 0.5) is 5.82 Å². The van der Waals surface area contributed by atoms with Crippen LogP contribution in [0.25, 0.3) is 0 Å². The van der Waals surface area contributed by atoms with Gasteiger partial charge in [0.1, 0.15) is 0 Å². The predicted octanol–water partition coefficient (Wildman–Crippen LogP) is 2.73. The summed E-state index contributed by atoms with van der Waals surface area (Å²) in [5.74, 6) is 0.995. The molecule has 0 amide bonds. The molecule has 5 heteroatoms. The van der Waals surface area contributed by atoms with Gasteiger partial charge in [-0.25, -0.2) is 0 Å². The zero-order valence-electron chi connectivity index (χ0n) is 12.4. The van der Waals surface area contributed by atoms with E-state index in [-0.39, 0.29) is 0 Å². The highest BCUT2D eigenvalue weighted by Crippen LogP contribution is 2.17. The lowest BCUT2D eigenvalue weighted by atomic mass is 10.0. The smallest absolute Gasteiger partial charge is 0.151 e. The minimum atomic E-state index is 0.506. The van der Waals surface area contributed by atoms with Crippen LogP contribution >= 0.6 is 11.3 Å². The molecule has 2 atom stereocenters. The first-order valence-electron chi connectivity index (χ1n) is 7.61. The van der Waals surface area contributed by atoms with Gasteiger partial charge in [0, 0.05) is 31.4 Å². The number of anilines is 1. The van der Waals surface area contributed by atoms with E-state index in [2.05, 4.69) is 44.2 Å². The molecule has 0 aromatic carbocycles. The molecule has 0 spiro atoms. The van der Waals surface area contributed by atoms with E-state index < -0.39 is 0 Å². The molecule has 0 radical (unpaired) electrons. The molecule has 1 fully saturated rings. The van der Waals surface area contributed by atoms with Gasteiger partial charge in [0.2, 0.25) is 0 Å². The maximum Gasteiger partial charge on any atom is 0.151 e. The number of piperidine rings is 1. The molecule has 2 aromatic rings. The van der Waals surface area contributed by atoms with Gasteiger partial charge in [0.05, 0.1) is 0 Å². The van der Waals surface area contributed by atoms with Crippen molar-refractivity contribution in [3.63, 3.8) is 0 Å². The van der Waals surface area contributed by atoms with Gasteiger partial charge in [-0.05, 0) is 60.7 Å². The van der Waals surface area contributed by atoms with Crippen LogP contribution in [-0.4, -0.2) is 35.4 Å². The molecule has 0 bridgehead atoms. The SMILES string of the molecule is C[C@H](Cc1ccsc1)N[C@@H]1CCCN(c2cccnn2)C1. The molecule has 21 heavy (non-hydrogen) atoms. The van der Waals surface area contributed by atoms with E-state index in [0.29, 0.717) is 12.1 Å². The molecule has 4 nitrogen and oxygen atoms in total. The summed E-state index contributed by atoms with van der Waals surface area (Å²) in [6.07, 6.45) is 5.28. The largest absolute Gasteiger partial charge is 0.354 e. The van der Waals surface area contributed by atoms with Crippen molar-refractivity contribution >= 4 is 17.2 Å². The summed E-state index contributed by atoms with van der Waals surface area (Å²) >= 11 is 1.77. The maximum atomic E-state index is 4.23. The molecule has 1 aliphatic rings. The highest BCUT2D eigenvalue weighted by atomic mass is 32.1. The summed E-state index contributed by atoms with van der Waals surface area (Å²) in [7, 11) is 0. The van der Waals surface area contributed by atoms with Crippen LogP contribution < -0.4 is 10.2 Å². The maximum absolute atomic E-state index is 4.23. The van der Waals surface area contributed by atoms with Crippen molar-refractivity contribution in [2.24, 2.45) is 0 Å². The Bertz CT molecular complexity index is 528. The number of thiophene rings is 1. The van der Waals surface area contributed by atoms with Crippen molar-refractivity contribution in [2.75, 3.05) is 18.0 Å². The van der Waals surface area contributed by atoms with Crippen LogP contribution in [-0.2, 0) is 6.42 Å². The number of nitrogens with one attached hydrogen (secondary N) is 1. The van der Waals surface area contributed by atoms with E-state index >= 15 is 0 Å². The lowest BCUT2D eigenvalue weighted by molar-refractivity contribution is 0.381. The molecule has 2 aromatic heterocycles. The summed E-state index contributed by atoms with van der Waals surface area (Å²) in [4.78, 5) is 2.34. The Hall–Kier alpha value is -1.46. The van der Waals surface area contributed by atoms with Crippen molar-refractivity contribution in [3.05, 3.63) is 40.7 Å². The second kappa shape index (κ2) is 7.00. The van der Waals surface area contributed by atoms with Gasteiger partial charge >= 0.3 is 0 Å². The zero-order chi connectivity index (χ0) is 14.5. The van der Waals surface area contributed by atoms with E-state index in [0.717, 1.165) is 25.3 Å². The number of hydrogen-bond donors (Lipinski definition) is 1. The fourth-order valence-corrected chi connectivity index (χ4v) is 3.69. The second-order valence-corrected chi connectivity index (χ2v) is 6.55. The predicted molar refractivity (Wildman–Crippen MR) is 87.9 cm³/mol. The minimum Gasteiger partial charge on any atom is -0.354 e. The summed E-state index contributed by atoms with van der Waals surface area (Å²) in [6, 6.07) is 7.26. The second-order valence-electron chi connectivity index (χ2n) is 5.77. The van der Waals surface area contributed by atoms with E-state index in [1.54, 1.807) is 17.5 Å². The van der Waals surface area contributed by atoms with Crippen molar-refractivity contribution in [1.29, 1.82) is 0 Å². The summed E-state index contributed by atoms with van der Waals surface area (Å²) < 4.78 is 0. The fraction of sp³-hybridized carbons (Fsp3) is 0.500. The topological polar surface area (TPSA) is 41.0 Å². The van der Waals surface area contributed by atoms with Gasteiger partial charge in [-0.1, -0.05) is 0 Å². The zero-order valence-corrected chi connectivity index (χ0v) is 13.2. The average molecular weight is 302 g/mol. The Morgan fingerprint density at radius 1 is 1.48 bits per heavy atom. The van der Waals surface area contributed by atoms with Gasteiger partial charge in [0.25, 0.3) is 0 Å². The summed E-state index contributed by atoms with van der Waals surface area (Å²) in [6.45, 7) is 4.38. The molecule has 0 aliphatic carbocycles. The Morgan fingerprint density at radius 2 is 2.43 bits per heavy atom. The molecule has 0 saturated carbocycles. The summed E-state index contributed by atoms with van der Waals surface area (Å²) in [5, 5.41) is 16.4. The number of hydrogen-bond acceptors (Lipinski definition) is 5. The first-order valence-corrected chi connectivity index (χ1v) is 8.55. The third-order valence-electron chi connectivity index (χ3n) is 3.95. The van der Waals surface area contributed by atoms with E-state index in [4.69, 9.17) is 0 Å². The molecule has 0 unspecified atom stereocenters. The average Bonchev–Trinajstić information content (AvgIpc) is 3.01. The molecule has 3 heterocycles.